The van der Waals surface area contributed by atoms with Gasteiger partial charge in [-0.2, -0.15) is 11.3 Å². The highest BCUT2D eigenvalue weighted by atomic mass is 79.9. The number of H-pyrrole nitrogens is 1. The number of carbonyl (C=O) groups excluding carboxylic acids is 2. The lowest BCUT2D eigenvalue weighted by Gasteiger charge is -2.04. The van der Waals surface area contributed by atoms with E-state index < -0.39 is 5.91 Å². The molecular formula is C10H8BrN3O2S. The molecule has 88 valence electrons. The maximum absolute atomic E-state index is 11.6. The molecule has 2 heterocycles. The van der Waals surface area contributed by atoms with Crippen LogP contribution in [0.15, 0.2) is 33.6 Å². The summed E-state index contributed by atoms with van der Waals surface area (Å²) < 4.78 is 0.770. The second-order valence-electron chi connectivity index (χ2n) is 3.15. The fraction of sp³-hybridized carbons (Fsp3) is 0. The van der Waals surface area contributed by atoms with Crippen LogP contribution in [0.1, 0.15) is 20.8 Å². The summed E-state index contributed by atoms with van der Waals surface area (Å²) in [4.78, 5) is 25.8. The molecule has 3 N–H and O–H groups in total. The number of hydrogen-bond acceptors (Lipinski definition) is 3. The van der Waals surface area contributed by atoms with Crippen molar-refractivity contribution < 1.29 is 9.59 Å². The van der Waals surface area contributed by atoms with Crippen LogP contribution in [0.25, 0.3) is 0 Å². The Balaban J connectivity index is 1.91. The van der Waals surface area contributed by atoms with Crippen molar-refractivity contribution in [2.45, 2.75) is 0 Å². The van der Waals surface area contributed by atoms with Gasteiger partial charge in [0, 0.05) is 16.0 Å². The molecule has 5 nitrogen and oxygen atoms in total. The zero-order valence-electron chi connectivity index (χ0n) is 8.49. The van der Waals surface area contributed by atoms with E-state index in [1.807, 2.05) is 0 Å². The van der Waals surface area contributed by atoms with E-state index in [9.17, 15) is 9.59 Å². The van der Waals surface area contributed by atoms with Crippen molar-refractivity contribution in [2.24, 2.45) is 0 Å². The Bertz CT molecular complexity index is 536. The normalized spacial score (nSPS) is 9.94. The third-order valence-electron chi connectivity index (χ3n) is 1.97. The molecule has 0 aliphatic rings. The Labute approximate surface area is 109 Å². The fourth-order valence-corrected chi connectivity index (χ4v) is 2.13. The monoisotopic (exact) mass is 313 g/mol. The van der Waals surface area contributed by atoms with Gasteiger partial charge in [0.15, 0.2) is 0 Å². The van der Waals surface area contributed by atoms with Gasteiger partial charge < -0.3 is 4.98 Å². The minimum atomic E-state index is -0.403. The number of thiophene rings is 1. The van der Waals surface area contributed by atoms with E-state index in [4.69, 9.17) is 0 Å². The molecule has 0 spiro atoms. The molecule has 0 unspecified atom stereocenters. The van der Waals surface area contributed by atoms with Gasteiger partial charge in [0.05, 0.1) is 5.56 Å². The van der Waals surface area contributed by atoms with Gasteiger partial charge >= 0.3 is 0 Å². The third-order valence-corrected chi connectivity index (χ3v) is 3.11. The molecule has 0 bridgehead atoms. The van der Waals surface area contributed by atoms with E-state index in [2.05, 4.69) is 31.8 Å². The molecule has 0 aromatic carbocycles. The van der Waals surface area contributed by atoms with Gasteiger partial charge in [-0.15, -0.1) is 0 Å². The fourth-order valence-electron chi connectivity index (χ4n) is 1.15. The van der Waals surface area contributed by atoms with Crippen LogP contribution in [0.4, 0.5) is 0 Å². The van der Waals surface area contributed by atoms with Crippen molar-refractivity contribution in [1.29, 1.82) is 0 Å². The van der Waals surface area contributed by atoms with Gasteiger partial charge in [-0.1, -0.05) is 0 Å². The Morgan fingerprint density at radius 1 is 1.29 bits per heavy atom. The van der Waals surface area contributed by atoms with E-state index >= 15 is 0 Å². The van der Waals surface area contributed by atoms with Gasteiger partial charge in [0.2, 0.25) is 0 Å². The second-order valence-corrected chi connectivity index (χ2v) is 4.85. The Morgan fingerprint density at radius 2 is 2.06 bits per heavy atom. The van der Waals surface area contributed by atoms with Crippen LogP contribution in [-0.2, 0) is 0 Å². The molecule has 2 amide bonds. The Hall–Kier alpha value is -1.60. The molecule has 0 aliphatic heterocycles. The molecule has 2 aromatic rings. The highest BCUT2D eigenvalue weighted by Crippen LogP contribution is 2.10. The van der Waals surface area contributed by atoms with Gasteiger partial charge in [0.1, 0.15) is 5.69 Å². The minimum absolute atomic E-state index is 0.342. The number of carbonyl (C=O) groups is 2. The van der Waals surface area contributed by atoms with Crippen LogP contribution in [0.5, 0.6) is 0 Å². The van der Waals surface area contributed by atoms with Crippen LogP contribution in [0, 0.1) is 0 Å². The Kier molecular flexibility index (Phi) is 3.60. The first-order valence-electron chi connectivity index (χ1n) is 4.63. The highest BCUT2D eigenvalue weighted by Gasteiger charge is 2.10. The maximum Gasteiger partial charge on any atom is 0.286 e. The molecule has 7 heteroatoms. The smallest absolute Gasteiger partial charge is 0.286 e. The number of halogens is 1. The first-order chi connectivity index (χ1) is 8.16. The topological polar surface area (TPSA) is 74.0 Å². The number of hydrogen-bond donors (Lipinski definition) is 3. The zero-order valence-corrected chi connectivity index (χ0v) is 10.9. The predicted octanol–water partition coefficient (Wildman–Crippen LogP) is 1.91. The second kappa shape index (κ2) is 5.15. The van der Waals surface area contributed by atoms with E-state index in [1.165, 1.54) is 11.3 Å². The summed E-state index contributed by atoms with van der Waals surface area (Å²) in [6, 6.07) is 3.30. The van der Waals surface area contributed by atoms with Gasteiger partial charge in [-0.25, -0.2) is 0 Å². The number of rotatable bonds is 2. The van der Waals surface area contributed by atoms with Crippen molar-refractivity contribution in [3.05, 3.63) is 44.8 Å². The minimum Gasteiger partial charge on any atom is -0.356 e. The summed E-state index contributed by atoms with van der Waals surface area (Å²) >= 11 is 4.63. The van der Waals surface area contributed by atoms with Crippen molar-refractivity contribution >= 4 is 39.1 Å². The van der Waals surface area contributed by atoms with Crippen LogP contribution < -0.4 is 10.9 Å². The molecule has 0 fully saturated rings. The molecule has 0 saturated heterocycles. The molecule has 0 saturated carbocycles. The molecule has 2 aromatic heterocycles. The van der Waals surface area contributed by atoms with E-state index in [0.717, 1.165) is 4.47 Å². The quantitative estimate of drug-likeness (QED) is 0.741. The van der Waals surface area contributed by atoms with Gasteiger partial charge in [-0.05, 0) is 33.4 Å². The average Bonchev–Trinajstić information content (AvgIpc) is 2.95. The highest BCUT2D eigenvalue weighted by molar-refractivity contribution is 9.10. The summed E-state index contributed by atoms with van der Waals surface area (Å²) in [7, 11) is 0. The van der Waals surface area contributed by atoms with Crippen LogP contribution in [-0.4, -0.2) is 16.8 Å². The standard InChI is InChI=1S/C10H8BrN3O2S/c11-7-3-8(12-4-7)10(16)14-13-9(15)6-1-2-17-5-6/h1-5,12H,(H,13,15)(H,14,16). The van der Waals surface area contributed by atoms with Crippen LogP contribution in [0.3, 0.4) is 0 Å². The summed E-state index contributed by atoms with van der Waals surface area (Å²) in [5.74, 6) is -0.746. The number of aromatic nitrogens is 1. The maximum atomic E-state index is 11.6. The van der Waals surface area contributed by atoms with Crippen molar-refractivity contribution in [3.63, 3.8) is 0 Å². The van der Waals surface area contributed by atoms with E-state index in [-0.39, 0.29) is 5.91 Å². The largest absolute Gasteiger partial charge is 0.356 e. The SMILES string of the molecule is O=C(NNC(=O)c1cc(Br)c[nH]1)c1ccsc1. The lowest BCUT2D eigenvalue weighted by atomic mass is 10.3. The number of nitrogens with one attached hydrogen (secondary N) is 3. The van der Waals surface area contributed by atoms with E-state index in [1.54, 1.807) is 29.1 Å². The van der Waals surface area contributed by atoms with Gasteiger partial charge in [0.25, 0.3) is 11.8 Å². The number of amides is 2. The van der Waals surface area contributed by atoms with Gasteiger partial charge in [-0.3, -0.25) is 20.4 Å². The van der Waals surface area contributed by atoms with Crippen molar-refractivity contribution in [1.82, 2.24) is 15.8 Å². The zero-order chi connectivity index (χ0) is 12.3. The molecule has 17 heavy (non-hydrogen) atoms. The molecule has 2 rings (SSSR count). The van der Waals surface area contributed by atoms with E-state index in [0.29, 0.717) is 11.3 Å². The van der Waals surface area contributed by atoms with Crippen LogP contribution >= 0.6 is 27.3 Å². The van der Waals surface area contributed by atoms with Crippen LogP contribution in [0.2, 0.25) is 0 Å². The third kappa shape index (κ3) is 2.95. The first-order valence-corrected chi connectivity index (χ1v) is 6.37. The number of aromatic amines is 1. The molecular weight excluding hydrogens is 306 g/mol. The molecule has 0 radical (unpaired) electrons. The first kappa shape index (κ1) is 11.9. The van der Waals surface area contributed by atoms with Crippen molar-refractivity contribution in [2.75, 3.05) is 0 Å². The summed E-state index contributed by atoms with van der Waals surface area (Å²) in [5, 5.41) is 3.49. The summed E-state index contributed by atoms with van der Waals surface area (Å²) in [6.45, 7) is 0. The summed E-state index contributed by atoms with van der Waals surface area (Å²) in [6.07, 6.45) is 1.63. The molecule has 0 atom stereocenters. The Morgan fingerprint density at radius 3 is 2.65 bits per heavy atom. The predicted molar refractivity (Wildman–Crippen MR) is 67.7 cm³/mol. The molecule has 0 aliphatic carbocycles. The lowest BCUT2D eigenvalue weighted by Crippen LogP contribution is -2.41. The average molecular weight is 314 g/mol. The summed E-state index contributed by atoms with van der Waals surface area (Å²) in [5.41, 5.74) is 5.52. The lowest BCUT2D eigenvalue weighted by molar-refractivity contribution is 0.0844. The number of hydrazine groups is 1. The van der Waals surface area contributed by atoms with Crippen molar-refractivity contribution in [3.8, 4) is 0 Å².